The smallest absolute Gasteiger partial charge is 0.0201 e. The molecule has 0 spiro atoms. The van der Waals surface area contributed by atoms with Crippen LogP contribution in [0, 0.1) is 0 Å². The molecule has 0 saturated carbocycles. The van der Waals surface area contributed by atoms with Crippen LogP contribution in [0.25, 0.3) is 0 Å². The molecule has 0 fully saturated rings. The first kappa shape index (κ1) is 9.05. The zero-order valence-corrected chi connectivity index (χ0v) is 7.38. The summed E-state index contributed by atoms with van der Waals surface area (Å²) in [5.41, 5.74) is 0.212. The van der Waals surface area contributed by atoms with E-state index in [1.807, 2.05) is 18.4 Å². The Morgan fingerprint density at radius 2 is 1.89 bits per heavy atom. The van der Waals surface area contributed by atoms with Gasteiger partial charge in [-0.1, -0.05) is 18.0 Å². The zero-order valence-electron chi connectivity index (χ0n) is 6.56. The van der Waals surface area contributed by atoms with Gasteiger partial charge >= 0.3 is 0 Å². The minimum absolute atomic E-state index is 0.212. The summed E-state index contributed by atoms with van der Waals surface area (Å²) in [6, 6.07) is 0. The van der Waals surface area contributed by atoms with Crippen molar-refractivity contribution < 1.29 is 0 Å². The summed E-state index contributed by atoms with van der Waals surface area (Å²) >= 11 is 1.63. The molecule has 0 aromatic carbocycles. The predicted octanol–water partition coefficient (Wildman–Crippen LogP) is 2.56. The lowest BCUT2D eigenvalue weighted by Gasteiger charge is -2.17. The number of hydrogen-bond donors (Lipinski definition) is 1. The van der Waals surface area contributed by atoms with E-state index in [-0.39, 0.29) is 5.54 Å². The fraction of sp³-hybridized carbons (Fsp3) is 0.714. The second-order valence-corrected chi connectivity index (χ2v) is 3.65. The standard InChI is InChI=1S/C7H15NS/c1-5-6-9-8-7(2,3)4/h5-6,8H,1-4H3/b6-5+. The fourth-order valence-electron chi connectivity index (χ4n) is 0.279. The summed E-state index contributed by atoms with van der Waals surface area (Å²) in [4.78, 5) is 0. The average Bonchev–Trinajstić information content (AvgIpc) is 1.63. The van der Waals surface area contributed by atoms with Gasteiger partial charge in [-0.25, -0.2) is 0 Å². The minimum atomic E-state index is 0.212. The van der Waals surface area contributed by atoms with Gasteiger partial charge in [0.1, 0.15) is 0 Å². The summed E-state index contributed by atoms with van der Waals surface area (Å²) in [7, 11) is 0. The molecule has 0 saturated heterocycles. The Morgan fingerprint density at radius 3 is 2.22 bits per heavy atom. The minimum Gasteiger partial charge on any atom is -0.255 e. The summed E-state index contributed by atoms with van der Waals surface area (Å²) in [5, 5.41) is 2.03. The first-order valence-electron chi connectivity index (χ1n) is 3.10. The molecular formula is C7H15NS. The fourth-order valence-corrected chi connectivity index (χ4v) is 0.837. The molecule has 2 heteroatoms. The Morgan fingerprint density at radius 1 is 1.33 bits per heavy atom. The van der Waals surface area contributed by atoms with E-state index in [4.69, 9.17) is 0 Å². The van der Waals surface area contributed by atoms with Crippen LogP contribution in [-0.4, -0.2) is 5.54 Å². The van der Waals surface area contributed by atoms with Crippen LogP contribution in [0.3, 0.4) is 0 Å². The van der Waals surface area contributed by atoms with Crippen LogP contribution < -0.4 is 4.72 Å². The summed E-state index contributed by atoms with van der Waals surface area (Å²) in [5.74, 6) is 0. The highest BCUT2D eigenvalue weighted by Crippen LogP contribution is 2.06. The molecule has 0 atom stereocenters. The lowest BCUT2D eigenvalue weighted by molar-refractivity contribution is 0.537. The topological polar surface area (TPSA) is 12.0 Å². The summed E-state index contributed by atoms with van der Waals surface area (Å²) < 4.78 is 3.25. The van der Waals surface area contributed by atoms with Crippen LogP contribution >= 0.6 is 11.9 Å². The van der Waals surface area contributed by atoms with Gasteiger partial charge in [0.15, 0.2) is 0 Å². The van der Waals surface area contributed by atoms with Gasteiger partial charge in [-0.3, -0.25) is 4.72 Å². The van der Waals surface area contributed by atoms with Crippen molar-refractivity contribution in [1.29, 1.82) is 0 Å². The number of rotatable bonds is 2. The zero-order chi connectivity index (χ0) is 7.33. The van der Waals surface area contributed by atoms with Gasteiger partial charge in [0.05, 0.1) is 0 Å². The predicted molar refractivity (Wildman–Crippen MR) is 45.3 cm³/mol. The molecule has 0 bridgehead atoms. The molecule has 0 aromatic rings. The Labute approximate surface area is 62.0 Å². The van der Waals surface area contributed by atoms with Gasteiger partial charge in [0, 0.05) is 5.54 Å². The SMILES string of the molecule is C/C=C/SNC(C)(C)C. The van der Waals surface area contributed by atoms with Crippen LogP contribution in [0.4, 0.5) is 0 Å². The van der Waals surface area contributed by atoms with Gasteiger partial charge in [0.25, 0.3) is 0 Å². The van der Waals surface area contributed by atoms with E-state index in [1.54, 1.807) is 11.9 Å². The van der Waals surface area contributed by atoms with Crippen molar-refractivity contribution in [3.05, 3.63) is 11.5 Å². The lowest BCUT2D eigenvalue weighted by atomic mass is 10.1. The average molecular weight is 145 g/mol. The lowest BCUT2D eigenvalue weighted by Crippen LogP contribution is -2.29. The molecule has 0 aliphatic heterocycles. The van der Waals surface area contributed by atoms with Crippen LogP contribution in [-0.2, 0) is 0 Å². The third kappa shape index (κ3) is 8.05. The van der Waals surface area contributed by atoms with Gasteiger partial charge in [-0.05, 0) is 33.1 Å². The van der Waals surface area contributed by atoms with Crippen molar-refractivity contribution in [1.82, 2.24) is 4.72 Å². The van der Waals surface area contributed by atoms with Crippen LogP contribution in [0.2, 0.25) is 0 Å². The van der Waals surface area contributed by atoms with E-state index in [2.05, 4.69) is 25.5 Å². The second-order valence-electron chi connectivity index (χ2n) is 2.94. The highest BCUT2D eigenvalue weighted by atomic mass is 32.2. The van der Waals surface area contributed by atoms with Gasteiger partial charge in [0.2, 0.25) is 0 Å². The molecule has 0 unspecified atom stereocenters. The quantitative estimate of drug-likeness (QED) is 0.599. The maximum Gasteiger partial charge on any atom is 0.0201 e. The molecule has 1 nitrogen and oxygen atoms in total. The molecule has 1 N–H and O–H groups in total. The molecule has 9 heavy (non-hydrogen) atoms. The maximum absolute atomic E-state index is 3.25. The molecule has 0 aromatic heterocycles. The third-order valence-electron chi connectivity index (χ3n) is 0.569. The number of nitrogens with one attached hydrogen (secondary N) is 1. The van der Waals surface area contributed by atoms with Crippen molar-refractivity contribution in [2.75, 3.05) is 0 Å². The van der Waals surface area contributed by atoms with Crippen LogP contribution in [0.15, 0.2) is 11.5 Å². The molecule has 0 radical (unpaired) electrons. The summed E-state index contributed by atoms with van der Waals surface area (Å²) in [6.07, 6.45) is 2.02. The van der Waals surface area contributed by atoms with Crippen molar-refractivity contribution in [3.63, 3.8) is 0 Å². The third-order valence-corrected chi connectivity index (χ3v) is 1.71. The van der Waals surface area contributed by atoms with Gasteiger partial charge < -0.3 is 0 Å². The second kappa shape index (κ2) is 3.96. The monoisotopic (exact) mass is 145 g/mol. The van der Waals surface area contributed by atoms with Gasteiger partial charge in [-0.15, -0.1) is 0 Å². The summed E-state index contributed by atoms with van der Waals surface area (Å²) in [6.45, 7) is 8.44. The van der Waals surface area contributed by atoms with Crippen LogP contribution in [0.1, 0.15) is 27.7 Å². The molecule has 0 heterocycles. The largest absolute Gasteiger partial charge is 0.255 e. The normalized spacial score (nSPS) is 12.9. The van der Waals surface area contributed by atoms with E-state index in [0.717, 1.165) is 0 Å². The van der Waals surface area contributed by atoms with Crippen molar-refractivity contribution in [3.8, 4) is 0 Å². The molecule has 54 valence electrons. The van der Waals surface area contributed by atoms with Crippen molar-refractivity contribution in [2.45, 2.75) is 33.2 Å². The van der Waals surface area contributed by atoms with E-state index < -0.39 is 0 Å². The van der Waals surface area contributed by atoms with E-state index in [1.165, 1.54) is 0 Å². The van der Waals surface area contributed by atoms with Gasteiger partial charge in [-0.2, -0.15) is 0 Å². The highest BCUT2D eigenvalue weighted by Gasteiger charge is 2.06. The molecular weight excluding hydrogens is 130 g/mol. The molecule has 0 rings (SSSR count). The first-order chi connectivity index (χ1) is 4.06. The molecule has 0 aliphatic carbocycles. The Bertz CT molecular complexity index is 91.6. The Kier molecular flexibility index (Phi) is 3.98. The Balaban J connectivity index is 3.28. The maximum atomic E-state index is 3.25. The number of allylic oxidation sites excluding steroid dienone is 1. The van der Waals surface area contributed by atoms with E-state index >= 15 is 0 Å². The number of hydrogen-bond acceptors (Lipinski definition) is 2. The molecule has 0 aliphatic rings. The van der Waals surface area contributed by atoms with Crippen molar-refractivity contribution >= 4 is 11.9 Å². The van der Waals surface area contributed by atoms with Crippen LogP contribution in [0.5, 0.6) is 0 Å². The van der Waals surface area contributed by atoms with E-state index in [0.29, 0.717) is 0 Å². The molecule has 0 amide bonds. The van der Waals surface area contributed by atoms with E-state index in [9.17, 15) is 0 Å². The Hall–Kier alpha value is 0.0500. The van der Waals surface area contributed by atoms with Crippen molar-refractivity contribution in [2.24, 2.45) is 0 Å². The first-order valence-corrected chi connectivity index (χ1v) is 3.98. The highest BCUT2D eigenvalue weighted by molar-refractivity contribution is 8.00.